The lowest BCUT2D eigenvalue weighted by Crippen LogP contribution is -2.33. The SMILES string of the molecule is COc1cccc(C(=O)NC2CCC(SC)C2)c1N. The molecule has 0 spiro atoms. The maximum absolute atomic E-state index is 12.2. The highest BCUT2D eigenvalue weighted by Gasteiger charge is 2.26. The van der Waals surface area contributed by atoms with Crippen molar-refractivity contribution in [3.05, 3.63) is 23.8 Å². The quantitative estimate of drug-likeness (QED) is 0.831. The van der Waals surface area contributed by atoms with Crippen LogP contribution in [0.25, 0.3) is 0 Å². The van der Waals surface area contributed by atoms with E-state index in [1.807, 2.05) is 11.8 Å². The average molecular weight is 280 g/mol. The number of benzene rings is 1. The maximum Gasteiger partial charge on any atom is 0.253 e. The Morgan fingerprint density at radius 3 is 2.89 bits per heavy atom. The molecule has 2 unspecified atom stereocenters. The summed E-state index contributed by atoms with van der Waals surface area (Å²) in [5.41, 5.74) is 6.83. The predicted molar refractivity (Wildman–Crippen MR) is 79.8 cm³/mol. The summed E-state index contributed by atoms with van der Waals surface area (Å²) in [5.74, 6) is 0.434. The molecular formula is C14H20N2O2S. The van der Waals surface area contributed by atoms with Crippen LogP contribution in [-0.2, 0) is 0 Å². The van der Waals surface area contributed by atoms with Crippen LogP contribution in [0.15, 0.2) is 18.2 Å². The van der Waals surface area contributed by atoms with E-state index in [-0.39, 0.29) is 11.9 Å². The lowest BCUT2D eigenvalue weighted by atomic mass is 10.1. The smallest absolute Gasteiger partial charge is 0.253 e. The molecule has 1 aliphatic rings. The van der Waals surface area contributed by atoms with Gasteiger partial charge in [-0.3, -0.25) is 4.79 Å². The highest BCUT2D eigenvalue weighted by Crippen LogP contribution is 2.29. The van der Waals surface area contributed by atoms with E-state index < -0.39 is 0 Å². The summed E-state index contributed by atoms with van der Waals surface area (Å²) in [6, 6.07) is 5.53. The van der Waals surface area contributed by atoms with Crippen molar-refractivity contribution in [2.75, 3.05) is 19.1 Å². The fraction of sp³-hybridized carbons (Fsp3) is 0.500. The zero-order chi connectivity index (χ0) is 13.8. The van der Waals surface area contributed by atoms with Crippen LogP contribution in [0.5, 0.6) is 5.75 Å². The molecule has 1 fully saturated rings. The van der Waals surface area contributed by atoms with Crippen LogP contribution in [-0.4, -0.2) is 30.6 Å². The number of nitrogens with two attached hydrogens (primary N) is 1. The molecule has 0 saturated heterocycles. The van der Waals surface area contributed by atoms with Crippen molar-refractivity contribution in [3.8, 4) is 5.75 Å². The van der Waals surface area contributed by atoms with E-state index in [1.54, 1.807) is 25.3 Å². The first-order chi connectivity index (χ1) is 9.15. The third-order valence-electron chi connectivity index (χ3n) is 3.58. The molecule has 104 valence electrons. The van der Waals surface area contributed by atoms with Crippen LogP contribution in [0.1, 0.15) is 29.6 Å². The Morgan fingerprint density at radius 2 is 2.26 bits per heavy atom. The molecule has 2 rings (SSSR count). The molecule has 19 heavy (non-hydrogen) atoms. The number of hydrogen-bond acceptors (Lipinski definition) is 4. The fourth-order valence-corrected chi connectivity index (χ4v) is 3.26. The molecule has 1 amide bonds. The number of rotatable bonds is 4. The van der Waals surface area contributed by atoms with Crippen LogP contribution < -0.4 is 15.8 Å². The van der Waals surface area contributed by atoms with Crippen molar-refractivity contribution in [3.63, 3.8) is 0 Å². The number of nitrogen functional groups attached to an aromatic ring is 1. The van der Waals surface area contributed by atoms with E-state index in [0.29, 0.717) is 22.3 Å². The normalized spacial score (nSPS) is 22.2. The van der Waals surface area contributed by atoms with E-state index in [9.17, 15) is 4.79 Å². The molecule has 2 atom stereocenters. The first-order valence-electron chi connectivity index (χ1n) is 6.41. The van der Waals surface area contributed by atoms with Gasteiger partial charge in [0.2, 0.25) is 0 Å². The second-order valence-corrected chi connectivity index (χ2v) is 5.90. The summed E-state index contributed by atoms with van der Waals surface area (Å²) in [6.45, 7) is 0. The summed E-state index contributed by atoms with van der Waals surface area (Å²) < 4.78 is 5.13. The van der Waals surface area contributed by atoms with E-state index in [1.165, 1.54) is 6.42 Å². The van der Waals surface area contributed by atoms with Gasteiger partial charge in [0.25, 0.3) is 5.91 Å². The number of ether oxygens (including phenoxy) is 1. The zero-order valence-electron chi connectivity index (χ0n) is 11.3. The minimum Gasteiger partial charge on any atom is -0.495 e. The van der Waals surface area contributed by atoms with Gasteiger partial charge in [0.05, 0.1) is 18.4 Å². The Kier molecular flexibility index (Phi) is 4.58. The number of hydrogen-bond donors (Lipinski definition) is 2. The van der Waals surface area contributed by atoms with Crippen LogP contribution in [0.2, 0.25) is 0 Å². The Balaban J connectivity index is 2.04. The van der Waals surface area contributed by atoms with E-state index in [4.69, 9.17) is 10.5 Å². The molecule has 0 bridgehead atoms. The van der Waals surface area contributed by atoms with Gasteiger partial charge < -0.3 is 15.8 Å². The van der Waals surface area contributed by atoms with Gasteiger partial charge in [0.1, 0.15) is 5.75 Å². The number of thioether (sulfide) groups is 1. The predicted octanol–water partition coefficient (Wildman–Crippen LogP) is 2.29. The van der Waals surface area contributed by atoms with E-state index in [2.05, 4.69) is 11.6 Å². The third kappa shape index (κ3) is 3.15. The van der Waals surface area contributed by atoms with Gasteiger partial charge in [-0.1, -0.05) is 6.07 Å². The molecule has 5 heteroatoms. The Hall–Kier alpha value is -1.36. The van der Waals surface area contributed by atoms with E-state index >= 15 is 0 Å². The monoisotopic (exact) mass is 280 g/mol. The van der Waals surface area contributed by atoms with Crippen LogP contribution in [0, 0.1) is 0 Å². The number of amides is 1. The second kappa shape index (κ2) is 6.19. The highest BCUT2D eigenvalue weighted by atomic mass is 32.2. The van der Waals surface area contributed by atoms with Gasteiger partial charge >= 0.3 is 0 Å². The molecule has 0 heterocycles. The topological polar surface area (TPSA) is 64.3 Å². The number of carbonyl (C=O) groups excluding carboxylic acids is 1. The lowest BCUT2D eigenvalue weighted by molar-refractivity contribution is 0.0938. The number of anilines is 1. The van der Waals surface area contributed by atoms with Crippen molar-refractivity contribution in [2.45, 2.75) is 30.6 Å². The Labute approximate surface area is 118 Å². The third-order valence-corrected chi connectivity index (χ3v) is 4.68. The molecule has 0 aliphatic heterocycles. The summed E-state index contributed by atoms with van der Waals surface area (Å²) in [7, 11) is 1.55. The van der Waals surface area contributed by atoms with Crippen molar-refractivity contribution < 1.29 is 9.53 Å². The summed E-state index contributed by atoms with van der Waals surface area (Å²) in [5, 5.41) is 3.72. The van der Waals surface area contributed by atoms with Crippen LogP contribution >= 0.6 is 11.8 Å². The number of nitrogens with one attached hydrogen (secondary N) is 1. The van der Waals surface area contributed by atoms with Gasteiger partial charge in [-0.25, -0.2) is 0 Å². The van der Waals surface area contributed by atoms with Gasteiger partial charge in [0, 0.05) is 11.3 Å². The Bertz CT molecular complexity index is 465. The first kappa shape index (κ1) is 14.1. The van der Waals surface area contributed by atoms with Gasteiger partial charge in [-0.05, 0) is 37.7 Å². The fourth-order valence-electron chi connectivity index (χ4n) is 2.47. The lowest BCUT2D eigenvalue weighted by Gasteiger charge is -2.15. The summed E-state index contributed by atoms with van der Waals surface area (Å²) in [4.78, 5) is 12.2. The number of carbonyl (C=O) groups is 1. The average Bonchev–Trinajstić information content (AvgIpc) is 2.86. The van der Waals surface area contributed by atoms with Crippen LogP contribution in [0.3, 0.4) is 0 Å². The maximum atomic E-state index is 12.2. The highest BCUT2D eigenvalue weighted by molar-refractivity contribution is 7.99. The molecule has 1 saturated carbocycles. The zero-order valence-corrected chi connectivity index (χ0v) is 12.1. The molecule has 1 aliphatic carbocycles. The van der Waals surface area contributed by atoms with E-state index in [0.717, 1.165) is 12.8 Å². The second-order valence-electron chi connectivity index (χ2n) is 4.76. The number of methoxy groups -OCH3 is 1. The minimum atomic E-state index is -0.108. The van der Waals surface area contributed by atoms with Gasteiger partial charge in [0.15, 0.2) is 0 Å². The molecule has 4 nitrogen and oxygen atoms in total. The van der Waals surface area contributed by atoms with Gasteiger partial charge in [-0.2, -0.15) is 11.8 Å². The molecule has 3 N–H and O–H groups in total. The largest absolute Gasteiger partial charge is 0.495 e. The van der Waals surface area contributed by atoms with Crippen molar-refractivity contribution in [1.29, 1.82) is 0 Å². The molecule has 0 aromatic heterocycles. The van der Waals surface area contributed by atoms with Crippen molar-refractivity contribution in [1.82, 2.24) is 5.32 Å². The first-order valence-corrected chi connectivity index (χ1v) is 7.70. The summed E-state index contributed by atoms with van der Waals surface area (Å²) >= 11 is 1.87. The molecule has 1 aromatic rings. The summed E-state index contributed by atoms with van der Waals surface area (Å²) in [6.07, 6.45) is 5.37. The molecular weight excluding hydrogens is 260 g/mol. The van der Waals surface area contributed by atoms with Gasteiger partial charge in [-0.15, -0.1) is 0 Å². The standard InChI is InChI=1S/C14H20N2O2S/c1-18-12-5-3-4-11(13(12)15)14(17)16-9-6-7-10(8-9)19-2/h3-5,9-10H,6-8,15H2,1-2H3,(H,16,17). The van der Waals surface area contributed by atoms with Crippen molar-refractivity contribution >= 4 is 23.4 Å². The molecule has 0 radical (unpaired) electrons. The minimum absolute atomic E-state index is 0.108. The Morgan fingerprint density at radius 1 is 1.47 bits per heavy atom. The molecule has 1 aromatic carbocycles. The number of para-hydroxylation sites is 1. The van der Waals surface area contributed by atoms with Crippen molar-refractivity contribution in [2.24, 2.45) is 0 Å². The van der Waals surface area contributed by atoms with Crippen LogP contribution in [0.4, 0.5) is 5.69 Å².